The second kappa shape index (κ2) is 9.13. The fourth-order valence-corrected chi connectivity index (χ4v) is 5.75. The van der Waals surface area contributed by atoms with Crippen molar-refractivity contribution in [2.75, 3.05) is 12.0 Å². The van der Waals surface area contributed by atoms with Gasteiger partial charge in [0, 0.05) is 10.4 Å². The van der Waals surface area contributed by atoms with Crippen LogP contribution < -0.4 is 4.90 Å². The number of fused-ring (bicyclic) bond motifs is 2. The largest absolute Gasteiger partial charge is 0.503 e. The first kappa shape index (κ1) is 23.9. The summed E-state index contributed by atoms with van der Waals surface area (Å²) in [7, 11) is 1.28. The van der Waals surface area contributed by atoms with Gasteiger partial charge in [0.25, 0.3) is 5.91 Å². The van der Waals surface area contributed by atoms with Crippen LogP contribution in [0.15, 0.2) is 88.5 Å². The van der Waals surface area contributed by atoms with Crippen LogP contribution in [0.2, 0.25) is 5.02 Å². The van der Waals surface area contributed by atoms with Gasteiger partial charge in [-0.05, 0) is 48.0 Å². The lowest BCUT2D eigenvalue weighted by molar-refractivity contribution is -0.117. The molecule has 10 heteroatoms. The molecule has 0 radical (unpaired) electrons. The molecule has 1 amide bonds. The minimum atomic E-state index is -1.04. The number of ketones is 1. The highest BCUT2D eigenvalue weighted by Crippen LogP contribution is 2.44. The molecule has 0 saturated carbocycles. The Morgan fingerprint density at radius 3 is 2.58 bits per heavy atom. The van der Waals surface area contributed by atoms with Gasteiger partial charge in [0.1, 0.15) is 5.58 Å². The van der Waals surface area contributed by atoms with Crippen molar-refractivity contribution < 1.29 is 28.6 Å². The van der Waals surface area contributed by atoms with Gasteiger partial charge < -0.3 is 14.3 Å². The van der Waals surface area contributed by atoms with Gasteiger partial charge in [-0.2, -0.15) is 0 Å². The van der Waals surface area contributed by atoms with Crippen LogP contribution in [-0.2, 0) is 9.53 Å². The van der Waals surface area contributed by atoms with E-state index in [1.165, 1.54) is 35.5 Å². The van der Waals surface area contributed by atoms with Gasteiger partial charge in [-0.25, -0.2) is 9.78 Å². The first-order chi connectivity index (χ1) is 18.4. The van der Waals surface area contributed by atoms with Gasteiger partial charge >= 0.3 is 5.97 Å². The van der Waals surface area contributed by atoms with Crippen LogP contribution in [0.5, 0.6) is 0 Å². The molecular formula is C28H17ClN2O6S. The van der Waals surface area contributed by atoms with Crippen molar-refractivity contribution in [3.63, 3.8) is 0 Å². The summed E-state index contributed by atoms with van der Waals surface area (Å²) in [5.74, 6) is -2.67. The Hall–Kier alpha value is -4.47. The van der Waals surface area contributed by atoms with Crippen molar-refractivity contribution in [3.05, 3.63) is 106 Å². The van der Waals surface area contributed by atoms with Gasteiger partial charge in [0.15, 0.2) is 16.7 Å². The molecule has 0 fully saturated rings. The summed E-state index contributed by atoms with van der Waals surface area (Å²) in [5.41, 5.74) is 1.72. The highest BCUT2D eigenvalue weighted by molar-refractivity contribution is 7.22. The molecule has 1 N–H and O–H groups in total. The van der Waals surface area contributed by atoms with Crippen LogP contribution >= 0.6 is 22.9 Å². The van der Waals surface area contributed by atoms with Crippen LogP contribution in [0.3, 0.4) is 0 Å². The van der Waals surface area contributed by atoms with E-state index in [0.717, 1.165) is 4.70 Å². The maximum atomic E-state index is 13.8. The zero-order valence-corrected chi connectivity index (χ0v) is 21.2. The molecule has 0 aliphatic carbocycles. The Balaban J connectivity index is 1.50. The molecule has 8 nitrogen and oxygen atoms in total. The second-order valence-electron chi connectivity index (χ2n) is 8.54. The fourth-order valence-electron chi connectivity index (χ4n) is 4.49. The number of benzene rings is 3. The second-order valence-corrected chi connectivity index (χ2v) is 9.99. The number of rotatable bonds is 5. The number of Topliss-reactive ketones (excluding diaryl/α,β-unsaturated/α-hetero) is 1. The lowest BCUT2D eigenvalue weighted by atomic mass is 9.94. The smallest absolute Gasteiger partial charge is 0.337 e. The van der Waals surface area contributed by atoms with Crippen molar-refractivity contribution >= 4 is 66.9 Å². The third-order valence-electron chi connectivity index (χ3n) is 6.29. The molecule has 0 spiro atoms. The summed E-state index contributed by atoms with van der Waals surface area (Å²) in [6.07, 6.45) is 0. The van der Waals surface area contributed by atoms with E-state index in [1.807, 2.05) is 6.07 Å². The molecule has 6 rings (SSSR count). The molecule has 1 unspecified atom stereocenters. The number of nitrogens with zero attached hydrogens (tertiary/aromatic N) is 2. The zero-order chi connectivity index (χ0) is 26.6. The molecule has 0 saturated heterocycles. The van der Waals surface area contributed by atoms with Crippen LogP contribution in [0, 0.1) is 0 Å². The molecule has 1 atom stereocenters. The number of aliphatic hydroxyl groups is 1. The number of halogens is 1. The number of carbonyl (C=O) groups is 3. The highest BCUT2D eigenvalue weighted by atomic mass is 35.5. The third-order valence-corrected chi connectivity index (χ3v) is 7.55. The van der Waals surface area contributed by atoms with Crippen LogP contribution in [0.4, 0.5) is 5.13 Å². The molecule has 188 valence electrons. The summed E-state index contributed by atoms with van der Waals surface area (Å²) < 4.78 is 11.3. The molecule has 3 aromatic carbocycles. The summed E-state index contributed by atoms with van der Waals surface area (Å²) in [4.78, 5) is 45.1. The minimum absolute atomic E-state index is 0.0188. The van der Waals surface area contributed by atoms with Crippen LogP contribution in [0.1, 0.15) is 32.5 Å². The number of esters is 1. The van der Waals surface area contributed by atoms with E-state index in [-0.39, 0.29) is 16.5 Å². The van der Waals surface area contributed by atoms with Crippen molar-refractivity contribution in [1.29, 1.82) is 0 Å². The number of thiazole rings is 1. The standard InChI is InChI=1S/C28H17ClN2O6S/c1-36-27(35)15-8-6-14(7-9-15)23-22(24(32)20-12-16-4-2-3-5-19(16)37-20)25(33)26(34)31(23)28-30-18-11-10-17(29)13-21(18)38-28/h2-13,23,33H,1H3. The van der Waals surface area contributed by atoms with Crippen molar-refractivity contribution in [2.24, 2.45) is 0 Å². The number of para-hydroxylation sites is 1. The summed E-state index contributed by atoms with van der Waals surface area (Å²) in [5, 5.41) is 12.5. The topological polar surface area (TPSA) is 110 Å². The Kier molecular flexibility index (Phi) is 5.74. The minimum Gasteiger partial charge on any atom is -0.503 e. The Morgan fingerprint density at radius 2 is 1.84 bits per heavy atom. The molecule has 1 aliphatic heterocycles. The van der Waals surface area contributed by atoms with E-state index in [2.05, 4.69) is 4.98 Å². The number of hydrogen-bond acceptors (Lipinski definition) is 8. The highest BCUT2D eigenvalue weighted by Gasteiger charge is 2.46. The van der Waals surface area contributed by atoms with E-state index < -0.39 is 29.5 Å². The summed E-state index contributed by atoms with van der Waals surface area (Å²) in [6, 6.07) is 19.1. The van der Waals surface area contributed by atoms with Crippen molar-refractivity contribution in [2.45, 2.75) is 6.04 Å². The fraction of sp³-hybridized carbons (Fsp3) is 0.0714. The van der Waals surface area contributed by atoms with E-state index in [0.29, 0.717) is 32.6 Å². The van der Waals surface area contributed by atoms with E-state index in [4.69, 9.17) is 20.8 Å². The van der Waals surface area contributed by atoms with Crippen LogP contribution in [0.25, 0.3) is 21.2 Å². The Bertz CT molecular complexity index is 1770. The lowest BCUT2D eigenvalue weighted by Crippen LogP contribution is -2.31. The average molecular weight is 545 g/mol. The molecule has 1 aliphatic rings. The predicted molar refractivity (Wildman–Crippen MR) is 143 cm³/mol. The van der Waals surface area contributed by atoms with Gasteiger partial charge in [0.2, 0.25) is 5.78 Å². The van der Waals surface area contributed by atoms with Gasteiger partial charge in [-0.3, -0.25) is 14.5 Å². The SMILES string of the molecule is COC(=O)c1ccc(C2C(C(=O)c3cc4ccccc4o3)=C(O)C(=O)N2c2nc3ccc(Cl)cc3s2)cc1. The molecular weight excluding hydrogens is 528 g/mol. The Morgan fingerprint density at radius 1 is 1.08 bits per heavy atom. The van der Waals surface area contributed by atoms with E-state index in [1.54, 1.807) is 54.6 Å². The number of ether oxygens (including phenoxy) is 1. The maximum Gasteiger partial charge on any atom is 0.337 e. The average Bonchev–Trinajstić information content (AvgIpc) is 3.62. The predicted octanol–water partition coefficient (Wildman–Crippen LogP) is 6.27. The van der Waals surface area contributed by atoms with Gasteiger partial charge in [-0.15, -0.1) is 0 Å². The quantitative estimate of drug-likeness (QED) is 0.205. The number of furan rings is 1. The molecule has 0 bridgehead atoms. The number of amides is 1. The third kappa shape index (κ3) is 3.84. The first-order valence-electron chi connectivity index (χ1n) is 11.4. The number of anilines is 1. The molecule has 38 heavy (non-hydrogen) atoms. The number of hydrogen-bond donors (Lipinski definition) is 1. The maximum absolute atomic E-state index is 13.8. The van der Waals surface area contributed by atoms with E-state index in [9.17, 15) is 19.5 Å². The molecule has 2 aromatic heterocycles. The van der Waals surface area contributed by atoms with Crippen molar-refractivity contribution in [3.8, 4) is 0 Å². The summed E-state index contributed by atoms with van der Waals surface area (Å²) in [6.45, 7) is 0. The first-order valence-corrected chi connectivity index (χ1v) is 12.6. The van der Waals surface area contributed by atoms with Gasteiger partial charge in [-0.1, -0.05) is 53.3 Å². The normalized spacial score (nSPS) is 15.6. The number of carbonyl (C=O) groups excluding carboxylic acids is 3. The number of aromatic nitrogens is 1. The number of aliphatic hydroxyl groups excluding tert-OH is 1. The molecule has 3 heterocycles. The van der Waals surface area contributed by atoms with Gasteiger partial charge in [0.05, 0.1) is 34.5 Å². The van der Waals surface area contributed by atoms with Crippen LogP contribution in [-0.4, -0.2) is 34.9 Å². The summed E-state index contributed by atoms with van der Waals surface area (Å²) >= 11 is 7.34. The van der Waals surface area contributed by atoms with E-state index >= 15 is 0 Å². The molecule has 5 aromatic rings. The zero-order valence-electron chi connectivity index (χ0n) is 19.7. The lowest BCUT2D eigenvalue weighted by Gasteiger charge is -2.24. The Labute approximate surface area is 224 Å². The monoisotopic (exact) mass is 544 g/mol. The number of methoxy groups -OCH3 is 1. The van der Waals surface area contributed by atoms with Crippen molar-refractivity contribution in [1.82, 2.24) is 4.98 Å².